The van der Waals surface area contributed by atoms with E-state index in [1.807, 2.05) is 6.07 Å². The first-order chi connectivity index (χ1) is 13.7. The summed E-state index contributed by atoms with van der Waals surface area (Å²) in [5.74, 6) is 3.37. The summed E-state index contributed by atoms with van der Waals surface area (Å²) < 4.78 is 11.1. The largest absolute Gasteiger partial charge is 0.459 e. The maximum absolute atomic E-state index is 12.9. The molecule has 0 atom stereocenters. The number of piperidine rings is 1. The molecule has 152 valence electrons. The van der Waals surface area contributed by atoms with Crippen molar-refractivity contribution < 1.29 is 13.6 Å². The van der Waals surface area contributed by atoms with Crippen LogP contribution in [0.15, 0.2) is 27.2 Å². The summed E-state index contributed by atoms with van der Waals surface area (Å²) in [7, 11) is 0. The molecule has 2 aliphatic rings. The van der Waals surface area contributed by atoms with Crippen molar-refractivity contribution in [2.45, 2.75) is 70.6 Å². The molecule has 0 spiro atoms. The van der Waals surface area contributed by atoms with Gasteiger partial charge in [-0.05, 0) is 56.6 Å². The SMILES string of the molecule is CCCCC1CCC(C(=O)N2CCC(c3nnc(-c4ccco4)o3)CC2)CC1. The third-order valence-electron chi connectivity index (χ3n) is 6.49. The standard InChI is InChI=1S/C22H31N3O3/c1-2-3-5-16-7-9-18(10-8-16)22(26)25-13-11-17(12-14-25)20-23-24-21(28-20)19-6-4-15-27-19/h4,6,15-18H,2-3,5,7-14H2,1H3. The second-order valence-electron chi connectivity index (χ2n) is 8.38. The van der Waals surface area contributed by atoms with Gasteiger partial charge in [0.15, 0.2) is 5.76 Å². The number of carbonyl (C=O) groups is 1. The summed E-state index contributed by atoms with van der Waals surface area (Å²) >= 11 is 0. The van der Waals surface area contributed by atoms with E-state index in [0.29, 0.717) is 23.4 Å². The van der Waals surface area contributed by atoms with Crippen molar-refractivity contribution in [2.24, 2.45) is 11.8 Å². The van der Waals surface area contributed by atoms with E-state index in [1.54, 1.807) is 12.3 Å². The van der Waals surface area contributed by atoms with Crippen LogP contribution >= 0.6 is 0 Å². The number of carbonyl (C=O) groups excluding carboxylic acids is 1. The van der Waals surface area contributed by atoms with Gasteiger partial charge < -0.3 is 13.7 Å². The van der Waals surface area contributed by atoms with Crippen LogP contribution in [-0.4, -0.2) is 34.1 Å². The number of likely N-dealkylation sites (tertiary alicyclic amines) is 1. The molecular weight excluding hydrogens is 354 g/mol. The molecule has 6 nitrogen and oxygen atoms in total. The molecule has 0 bridgehead atoms. The van der Waals surface area contributed by atoms with Gasteiger partial charge in [0.2, 0.25) is 11.8 Å². The molecule has 2 aromatic rings. The Bertz CT molecular complexity index is 739. The maximum atomic E-state index is 12.9. The molecule has 4 rings (SSSR count). The molecule has 1 aliphatic carbocycles. The van der Waals surface area contributed by atoms with E-state index in [-0.39, 0.29) is 11.8 Å². The van der Waals surface area contributed by atoms with Gasteiger partial charge in [-0.2, -0.15) is 0 Å². The Kier molecular flexibility index (Phi) is 6.13. The topological polar surface area (TPSA) is 72.4 Å². The lowest BCUT2D eigenvalue weighted by Gasteiger charge is -2.35. The van der Waals surface area contributed by atoms with Gasteiger partial charge in [-0.15, -0.1) is 10.2 Å². The van der Waals surface area contributed by atoms with Crippen LogP contribution in [-0.2, 0) is 4.79 Å². The Hall–Kier alpha value is -2.11. The molecular formula is C22H31N3O3. The molecule has 28 heavy (non-hydrogen) atoms. The van der Waals surface area contributed by atoms with Crippen molar-refractivity contribution in [3.05, 3.63) is 24.3 Å². The number of unbranched alkanes of at least 4 members (excludes halogenated alkanes) is 1. The van der Waals surface area contributed by atoms with Crippen molar-refractivity contribution in [2.75, 3.05) is 13.1 Å². The van der Waals surface area contributed by atoms with E-state index in [1.165, 1.54) is 32.1 Å². The fraction of sp³-hybridized carbons (Fsp3) is 0.682. The summed E-state index contributed by atoms with van der Waals surface area (Å²) in [4.78, 5) is 15.0. The molecule has 1 amide bonds. The van der Waals surface area contributed by atoms with Crippen LogP contribution in [0.25, 0.3) is 11.7 Å². The van der Waals surface area contributed by atoms with Gasteiger partial charge in [0.25, 0.3) is 5.89 Å². The van der Waals surface area contributed by atoms with Crippen molar-refractivity contribution in [1.82, 2.24) is 15.1 Å². The predicted octanol–water partition coefficient (Wildman–Crippen LogP) is 5.03. The van der Waals surface area contributed by atoms with Crippen LogP contribution < -0.4 is 0 Å². The Morgan fingerprint density at radius 2 is 1.93 bits per heavy atom. The number of furan rings is 1. The van der Waals surface area contributed by atoms with Gasteiger partial charge in [-0.1, -0.05) is 26.2 Å². The third kappa shape index (κ3) is 4.31. The normalized spacial score (nSPS) is 23.8. The molecule has 1 saturated carbocycles. The fourth-order valence-electron chi connectivity index (χ4n) is 4.70. The predicted molar refractivity (Wildman–Crippen MR) is 106 cm³/mol. The summed E-state index contributed by atoms with van der Waals surface area (Å²) in [6.07, 6.45) is 11.9. The van der Waals surface area contributed by atoms with Crippen molar-refractivity contribution in [1.29, 1.82) is 0 Å². The second-order valence-corrected chi connectivity index (χ2v) is 8.38. The van der Waals surface area contributed by atoms with Gasteiger partial charge in [0.1, 0.15) is 0 Å². The van der Waals surface area contributed by atoms with E-state index in [2.05, 4.69) is 22.0 Å². The molecule has 1 aliphatic heterocycles. The van der Waals surface area contributed by atoms with Gasteiger partial charge in [-0.25, -0.2) is 0 Å². The highest BCUT2D eigenvalue weighted by atomic mass is 16.4. The number of aromatic nitrogens is 2. The molecule has 0 radical (unpaired) electrons. The van der Waals surface area contributed by atoms with E-state index in [9.17, 15) is 4.79 Å². The Balaban J connectivity index is 1.26. The minimum absolute atomic E-state index is 0.227. The first-order valence-electron chi connectivity index (χ1n) is 10.9. The zero-order valence-electron chi connectivity index (χ0n) is 16.8. The summed E-state index contributed by atoms with van der Waals surface area (Å²) in [6, 6.07) is 3.62. The number of hydrogen-bond donors (Lipinski definition) is 0. The minimum Gasteiger partial charge on any atom is -0.459 e. The van der Waals surface area contributed by atoms with Crippen molar-refractivity contribution in [3.63, 3.8) is 0 Å². The molecule has 0 aromatic carbocycles. The van der Waals surface area contributed by atoms with Gasteiger partial charge in [-0.3, -0.25) is 4.79 Å². The number of nitrogens with zero attached hydrogens (tertiary/aromatic N) is 3. The van der Waals surface area contributed by atoms with E-state index in [0.717, 1.165) is 44.7 Å². The smallest absolute Gasteiger partial charge is 0.283 e. The van der Waals surface area contributed by atoms with Crippen LogP contribution in [0.3, 0.4) is 0 Å². The van der Waals surface area contributed by atoms with Crippen LogP contribution in [0.4, 0.5) is 0 Å². The molecule has 2 aromatic heterocycles. The molecule has 2 fully saturated rings. The average Bonchev–Trinajstić information content (AvgIpc) is 3.44. The van der Waals surface area contributed by atoms with Crippen LogP contribution in [0.5, 0.6) is 0 Å². The van der Waals surface area contributed by atoms with E-state index >= 15 is 0 Å². The fourth-order valence-corrected chi connectivity index (χ4v) is 4.70. The second kappa shape index (κ2) is 8.93. The van der Waals surface area contributed by atoms with Crippen LogP contribution in [0.1, 0.15) is 76.5 Å². The molecule has 3 heterocycles. The van der Waals surface area contributed by atoms with E-state index in [4.69, 9.17) is 8.83 Å². The zero-order valence-corrected chi connectivity index (χ0v) is 16.8. The molecule has 0 N–H and O–H groups in total. The highest BCUT2D eigenvalue weighted by molar-refractivity contribution is 5.79. The van der Waals surface area contributed by atoms with Crippen molar-refractivity contribution in [3.8, 4) is 11.7 Å². The number of rotatable bonds is 6. The Morgan fingerprint density at radius 1 is 1.14 bits per heavy atom. The quantitative estimate of drug-likeness (QED) is 0.697. The number of hydrogen-bond acceptors (Lipinski definition) is 5. The highest BCUT2D eigenvalue weighted by Crippen LogP contribution is 2.35. The Labute approximate surface area is 166 Å². The lowest BCUT2D eigenvalue weighted by Crippen LogP contribution is -2.42. The molecule has 6 heteroatoms. The average molecular weight is 386 g/mol. The first kappa shape index (κ1) is 19.2. The summed E-state index contributed by atoms with van der Waals surface area (Å²) in [5, 5.41) is 8.31. The number of amides is 1. The lowest BCUT2D eigenvalue weighted by molar-refractivity contribution is -0.138. The summed E-state index contributed by atoms with van der Waals surface area (Å²) in [5.41, 5.74) is 0. The maximum Gasteiger partial charge on any atom is 0.283 e. The molecule has 0 unspecified atom stereocenters. The zero-order chi connectivity index (χ0) is 19.3. The first-order valence-corrected chi connectivity index (χ1v) is 10.9. The van der Waals surface area contributed by atoms with Crippen LogP contribution in [0, 0.1) is 11.8 Å². The highest BCUT2D eigenvalue weighted by Gasteiger charge is 2.33. The van der Waals surface area contributed by atoms with Gasteiger partial charge in [0, 0.05) is 24.9 Å². The van der Waals surface area contributed by atoms with Gasteiger partial charge in [0.05, 0.1) is 6.26 Å². The third-order valence-corrected chi connectivity index (χ3v) is 6.49. The Morgan fingerprint density at radius 3 is 2.61 bits per heavy atom. The van der Waals surface area contributed by atoms with Crippen molar-refractivity contribution >= 4 is 5.91 Å². The monoisotopic (exact) mass is 385 g/mol. The lowest BCUT2D eigenvalue weighted by atomic mass is 9.79. The summed E-state index contributed by atoms with van der Waals surface area (Å²) in [6.45, 7) is 3.83. The minimum atomic E-state index is 0.227. The van der Waals surface area contributed by atoms with Crippen LogP contribution in [0.2, 0.25) is 0 Å². The van der Waals surface area contributed by atoms with E-state index < -0.39 is 0 Å². The molecule has 1 saturated heterocycles. The van der Waals surface area contributed by atoms with Gasteiger partial charge >= 0.3 is 0 Å².